The molecule has 0 aliphatic heterocycles. The van der Waals surface area contributed by atoms with Crippen molar-refractivity contribution in [3.05, 3.63) is 190 Å². The van der Waals surface area contributed by atoms with Gasteiger partial charge in [-0.05, 0) is 106 Å². The summed E-state index contributed by atoms with van der Waals surface area (Å²) in [5.74, 6) is 0. The Morgan fingerprint density at radius 2 is 1.09 bits per heavy atom. The van der Waals surface area contributed by atoms with Gasteiger partial charge in [0.05, 0.1) is 11.0 Å². The highest BCUT2D eigenvalue weighted by atomic mass is 32.1. The normalized spacial score (nSPS) is 11.5. The van der Waals surface area contributed by atoms with Gasteiger partial charge in [-0.25, -0.2) is 0 Å². The van der Waals surface area contributed by atoms with Gasteiger partial charge in [0.25, 0.3) is 0 Å². The molecule has 12 rings (SSSR count). The minimum absolute atomic E-state index is 0.906. The van der Waals surface area contributed by atoms with Crippen LogP contribution in [0.2, 0.25) is 0 Å². The van der Waals surface area contributed by atoms with E-state index in [1.165, 1.54) is 86.1 Å². The highest BCUT2D eigenvalue weighted by Gasteiger charge is 2.24. The fourth-order valence-corrected chi connectivity index (χ4v) is 9.75. The molecule has 1 aliphatic carbocycles. The zero-order valence-electron chi connectivity index (χ0n) is 31.1. The van der Waals surface area contributed by atoms with Gasteiger partial charge in [-0.3, -0.25) is 0 Å². The number of para-hydroxylation sites is 2. The fourth-order valence-electron chi connectivity index (χ4n) is 8.60. The number of allylic oxidation sites excluding steroid dienone is 3. The first-order chi connectivity index (χ1) is 27.6. The van der Waals surface area contributed by atoms with Crippen LogP contribution in [0, 0.1) is 0 Å². The second-order valence-electron chi connectivity index (χ2n) is 14.1. The molecule has 3 heterocycles. The molecule has 3 aromatic heterocycles. The number of hydrogen-bond acceptors (Lipinski definition) is 2. The molecule has 0 saturated carbocycles. The Kier molecular flexibility index (Phi) is 8.06. The molecule has 2 nitrogen and oxygen atoms in total. The van der Waals surface area contributed by atoms with E-state index in [1.54, 1.807) is 18.2 Å². The van der Waals surface area contributed by atoms with E-state index in [0.29, 0.717) is 0 Å². The second-order valence-corrected chi connectivity index (χ2v) is 15.2. The van der Waals surface area contributed by atoms with Crippen molar-refractivity contribution in [3.63, 3.8) is 0 Å². The molecule has 0 fully saturated rings. The van der Waals surface area contributed by atoms with Gasteiger partial charge < -0.3 is 8.98 Å². The molecule has 3 heteroatoms. The lowest BCUT2D eigenvalue weighted by molar-refractivity contribution is 0.668. The number of thiophene rings is 1. The lowest BCUT2D eigenvalue weighted by Crippen LogP contribution is -1.93. The van der Waals surface area contributed by atoms with Crippen LogP contribution in [0.3, 0.4) is 0 Å². The van der Waals surface area contributed by atoms with E-state index in [4.69, 9.17) is 4.42 Å². The Morgan fingerprint density at radius 1 is 0.464 bits per heavy atom. The largest absolute Gasteiger partial charge is 0.456 e. The molecule has 56 heavy (non-hydrogen) atoms. The zero-order valence-corrected chi connectivity index (χ0v) is 31.9. The molecule has 0 unspecified atom stereocenters. The third-order valence-electron chi connectivity index (χ3n) is 10.9. The van der Waals surface area contributed by atoms with Gasteiger partial charge in [0.1, 0.15) is 11.2 Å². The first kappa shape index (κ1) is 33.6. The van der Waals surface area contributed by atoms with Gasteiger partial charge >= 0.3 is 0 Å². The number of rotatable bonds is 3. The molecule has 266 valence electrons. The molecule has 11 aromatic rings. The SMILES string of the molecule is C=CC.C=CC=C.c1ccc2c(c1)-c1cccc3c1c-2cc1sc2ccc(-c4ccc5c(c4)c4ccccc4n5-c4ccc5c(c4)oc4ccccc45)cc2c13. The highest BCUT2D eigenvalue weighted by molar-refractivity contribution is 7.26. The van der Waals surface area contributed by atoms with Crippen LogP contribution in [0.4, 0.5) is 0 Å². The summed E-state index contributed by atoms with van der Waals surface area (Å²) in [6.07, 6.45) is 5.03. The van der Waals surface area contributed by atoms with Gasteiger partial charge in [0.2, 0.25) is 0 Å². The summed E-state index contributed by atoms with van der Waals surface area (Å²) in [5, 5.41) is 10.2. The van der Waals surface area contributed by atoms with Gasteiger partial charge in [0, 0.05) is 53.5 Å². The standard InChI is InChI=1S/C46H25NOS.C4H6.C3H6/c1-2-9-30-29(8-1)34-12-7-13-35-45(34)37(30)25-44-46(35)38-23-27(17-21-43(38)49-44)26-16-20-40-36(22-26)31-10-3-5-14-39(31)47(40)28-18-19-33-32-11-4-6-15-41(32)48-42(33)24-28;1-3-4-2;1-3-2/h1-25H;3-4H,1-2H2;3H,1H2,2H3. The molecule has 0 atom stereocenters. The van der Waals surface area contributed by atoms with Gasteiger partial charge in [-0.2, -0.15) is 0 Å². The Labute approximate surface area is 329 Å². The number of nitrogens with zero attached hydrogens (tertiary/aromatic N) is 1. The van der Waals surface area contributed by atoms with Crippen LogP contribution >= 0.6 is 11.3 Å². The van der Waals surface area contributed by atoms with E-state index in [1.807, 2.05) is 30.4 Å². The molecule has 1 aliphatic rings. The maximum absolute atomic E-state index is 6.30. The van der Waals surface area contributed by atoms with E-state index >= 15 is 0 Å². The molecular formula is C53H37NOS. The maximum atomic E-state index is 6.30. The predicted octanol–water partition coefficient (Wildman–Crippen LogP) is 16.1. The molecule has 0 bridgehead atoms. The smallest absolute Gasteiger partial charge is 0.137 e. The second kappa shape index (κ2) is 13.4. The molecule has 0 amide bonds. The van der Waals surface area contributed by atoms with Crippen molar-refractivity contribution in [2.45, 2.75) is 6.92 Å². The Bertz CT molecular complexity index is 3380. The summed E-state index contributed by atoms with van der Waals surface area (Å²) >= 11 is 1.90. The van der Waals surface area contributed by atoms with Crippen molar-refractivity contribution >= 4 is 86.0 Å². The molecular weight excluding hydrogens is 699 g/mol. The van der Waals surface area contributed by atoms with Crippen molar-refractivity contribution in [2.75, 3.05) is 0 Å². The van der Waals surface area contributed by atoms with Crippen molar-refractivity contribution in [3.8, 4) is 39.1 Å². The van der Waals surface area contributed by atoms with Crippen LogP contribution in [0.15, 0.2) is 194 Å². The third-order valence-corrected chi connectivity index (χ3v) is 12.0. The van der Waals surface area contributed by atoms with E-state index in [-0.39, 0.29) is 0 Å². The van der Waals surface area contributed by atoms with Crippen LogP contribution < -0.4 is 0 Å². The third kappa shape index (κ3) is 5.09. The van der Waals surface area contributed by atoms with Crippen molar-refractivity contribution in [1.82, 2.24) is 4.57 Å². The minimum Gasteiger partial charge on any atom is -0.456 e. The number of aromatic nitrogens is 1. The quantitative estimate of drug-likeness (QED) is 0.131. The van der Waals surface area contributed by atoms with Crippen molar-refractivity contribution < 1.29 is 4.42 Å². The highest BCUT2D eigenvalue weighted by Crippen LogP contribution is 2.52. The zero-order chi connectivity index (χ0) is 37.9. The first-order valence-corrected chi connectivity index (χ1v) is 19.7. The molecule has 0 N–H and O–H groups in total. The maximum Gasteiger partial charge on any atom is 0.137 e. The number of furan rings is 1. The summed E-state index contributed by atoms with van der Waals surface area (Å²) < 4.78 is 11.4. The molecule has 0 spiro atoms. The van der Waals surface area contributed by atoms with Crippen LogP contribution in [-0.2, 0) is 0 Å². The first-order valence-electron chi connectivity index (χ1n) is 18.9. The average molecular weight is 736 g/mol. The Balaban J connectivity index is 0.000000512. The van der Waals surface area contributed by atoms with Crippen LogP contribution in [0.25, 0.3) is 114 Å². The number of hydrogen-bond donors (Lipinski definition) is 0. The lowest BCUT2D eigenvalue weighted by atomic mass is 9.96. The van der Waals surface area contributed by atoms with Crippen molar-refractivity contribution in [1.29, 1.82) is 0 Å². The Hall–Kier alpha value is -6.94. The fraction of sp³-hybridized carbons (Fsp3) is 0.0189. The van der Waals surface area contributed by atoms with E-state index in [2.05, 4.69) is 164 Å². The van der Waals surface area contributed by atoms with Crippen LogP contribution in [-0.4, -0.2) is 4.57 Å². The van der Waals surface area contributed by atoms with E-state index < -0.39 is 0 Å². The van der Waals surface area contributed by atoms with Gasteiger partial charge in [0.15, 0.2) is 0 Å². The summed E-state index contributed by atoms with van der Waals surface area (Å²) in [5.41, 5.74) is 13.2. The summed E-state index contributed by atoms with van der Waals surface area (Å²) in [6, 6.07) is 55.7. The average Bonchev–Trinajstić information content (AvgIpc) is 3.99. The van der Waals surface area contributed by atoms with Gasteiger partial charge in [-0.1, -0.05) is 122 Å². The summed E-state index contributed by atoms with van der Waals surface area (Å²) in [4.78, 5) is 0. The summed E-state index contributed by atoms with van der Waals surface area (Å²) in [7, 11) is 0. The molecule has 0 radical (unpaired) electrons. The molecule has 8 aromatic carbocycles. The predicted molar refractivity (Wildman–Crippen MR) is 245 cm³/mol. The van der Waals surface area contributed by atoms with Crippen molar-refractivity contribution in [2.24, 2.45) is 0 Å². The summed E-state index contributed by atoms with van der Waals surface area (Å²) in [6.45, 7) is 12.0. The topological polar surface area (TPSA) is 18.1 Å². The minimum atomic E-state index is 0.906. The van der Waals surface area contributed by atoms with Crippen LogP contribution in [0.5, 0.6) is 0 Å². The molecule has 0 saturated heterocycles. The van der Waals surface area contributed by atoms with E-state index in [9.17, 15) is 0 Å². The van der Waals surface area contributed by atoms with E-state index in [0.717, 1.165) is 27.6 Å². The van der Waals surface area contributed by atoms with Crippen LogP contribution in [0.1, 0.15) is 6.92 Å². The monoisotopic (exact) mass is 735 g/mol. The number of fused-ring (bicyclic) bond motifs is 13. The van der Waals surface area contributed by atoms with Gasteiger partial charge in [-0.15, -0.1) is 17.9 Å². The lowest BCUT2D eigenvalue weighted by Gasteiger charge is -2.09. The number of benzene rings is 8. The Morgan fingerprint density at radius 3 is 1.89 bits per heavy atom.